The molecule has 4 aromatic rings. The summed E-state index contributed by atoms with van der Waals surface area (Å²) in [6.07, 6.45) is 0. The number of furan rings is 1. The number of aromatic nitrogens is 2. The Kier molecular flexibility index (Phi) is 4.22. The van der Waals surface area contributed by atoms with Gasteiger partial charge >= 0.3 is 6.01 Å². The van der Waals surface area contributed by atoms with E-state index in [0.29, 0.717) is 17.2 Å². The molecule has 4 rings (SSSR count). The van der Waals surface area contributed by atoms with Gasteiger partial charge in [-0.25, -0.2) is 0 Å². The van der Waals surface area contributed by atoms with Gasteiger partial charge in [-0.05, 0) is 24.3 Å². The van der Waals surface area contributed by atoms with Crippen LogP contribution in [0, 0.1) is 0 Å². The van der Waals surface area contributed by atoms with Crippen LogP contribution in [0.4, 0.5) is 6.01 Å². The molecule has 7 heteroatoms. The minimum absolute atomic E-state index is 0.0501. The number of nitrogens with one attached hydrogen (secondary N) is 1. The maximum absolute atomic E-state index is 12.2. The van der Waals surface area contributed by atoms with Gasteiger partial charge in [-0.2, -0.15) is 0 Å². The van der Waals surface area contributed by atoms with Gasteiger partial charge in [0.1, 0.15) is 5.58 Å². The van der Waals surface area contributed by atoms with Crippen molar-refractivity contribution in [2.75, 3.05) is 5.32 Å². The second-order valence-electron chi connectivity index (χ2n) is 5.21. The molecule has 0 aliphatic rings. The molecule has 1 amide bonds. The quantitative estimate of drug-likeness (QED) is 0.538. The topological polar surface area (TPSA) is 81.2 Å². The third-order valence-corrected chi connectivity index (χ3v) is 4.44. The summed E-state index contributed by atoms with van der Waals surface area (Å²) in [5, 5.41) is 11.2. The zero-order chi connectivity index (χ0) is 17.1. The molecular formula is C18H13N3O3S. The first-order valence-electron chi connectivity index (χ1n) is 7.58. The lowest BCUT2D eigenvalue weighted by atomic mass is 10.2. The molecule has 124 valence electrons. The molecule has 0 bridgehead atoms. The molecule has 0 fully saturated rings. The molecule has 0 atom stereocenters. The largest absolute Gasteiger partial charge is 0.451 e. The standard InChI is InChI=1S/C18H13N3O3S/c22-17(15-10-12-6-4-5-9-14(12)23-15)19-18-21-20-16(24-18)11-25-13-7-2-1-3-8-13/h1-10H,11H2,(H,19,21,22). The highest BCUT2D eigenvalue weighted by atomic mass is 32.2. The number of hydrogen-bond donors (Lipinski definition) is 1. The molecule has 1 N–H and O–H groups in total. The Morgan fingerprint density at radius 2 is 1.80 bits per heavy atom. The van der Waals surface area contributed by atoms with Crippen molar-refractivity contribution in [1.29, 1.82) is 0 Å². The van der Waals surface area contributed by atoms with E-state index in [0.717, 1.165) is 10.3 Å². The number of benzene rings is 2. The van der Waals surface area contributed by atoms with Gasteiger partial charge in [-0.1, -0.05) is 41.5 Å². The smallest absolute Gasteiger partial charge is 0.322 e. The van der Waals surface area contributed by atoms with Crippen LogP contribution in [0.3, 0.4) is 0 Å². The fourth-order valence-electron chi connectivity index (χ4n) is 2.28. The van der Waals surface area contributed by atoms with E-state index in [4.69, 9.17) is 8.83 Å². The summed E-state index contributed by atoms with van der Waals surface area (Å²) in [6.45, 7) is 0. The van der Waals surface area contributed by atoms with Crippen LogP contribution >= 0.6 is 11.8 Å². The summed E-state index contributed by atoms with van der Waals surface area (Å²) in [5.41, 5.74) is 0.651. The predicted octanol–water partition coefficient (Wildman–Crippen LogP) is 4.36. The summed E-state index contributed by atoms with van der Waals surface area (Å²) >= 11 is 1.58. The maximum Gasteiger partial charge on any atom is 0.322 e. The van der Waals surface area contributed by atoms with E-state index in [1.54, 1.807) is 23.9 Å². The van der Waals surface area contributed by atoms with E-state index < -0.39 is 5.91 Å². The van der Waals surface area contributed by atoms with E-state index in [9.17, 15) is 4.79 Å². The summed E-state index contributed by atoms with van der Waals surface area (Å²) in [5.74, 6) is 0.729. The van der Waals surface area contributed by atoms with Crippen molar-refractivity contribution in [3.8, 4) is 0 Å². The van der Waals surface area contributed by atoms with Crippen LogP contribution in [-0.2, 0) is 5.75 Å². The predicted molar refractivity (Wildman–Crippen MR) is 94.5 cm³/mol. The lowest BCUT2D eigenvalue weighted by Gasteiger charge is -1.97. The second kappa shape index (κ2) is 6.82. The van der Waals surface area contributed by atoms with Crippen LogP contribution < -0.4 is 5.32 Å². The van der Waals surface area contributed by atoms with E-state index in [1.165, 1.54) is 0 Å². The van der Waals surface area contributed by atoms with Gasteiger partial charge in [0.05, 0.1) is 5.75 Å². The third kappa shape index (κ3) is 3.56. The van der Waals surface area contributed by atoms with Crippen LogP contribution in [0.25, 0.3) is 11.0 Å². The van der Waals surface area contributed by atoms with Gasteiger partial charge in [-0.3, -0.25) is 10.1 Å². The first kappa shape index (κ1) is 15.5. The summed E-state index contributed by atoms with van der Waals surface area (Å²) in [7, 11) is 0. The maximum atomic E-state index is 12.2. The van der Waals surface area contributed by atoms with Crippen molar-refractivity contribution in [2.24, 2.45) is 0 Å². The average molecular weight is 351 g/mol. The molecule has 0 spiro atoms. The minimum atomic E-state index is -0.429. The summed E-state index contributed by atoms with van der Waals surface area (Å²) < 4.78 is 11.0. The van der Waals surface area contributed by atoms with Crippen LogP contribution in [0.5, 0.6) is 0 Å². The fraction of sp³-hybridized carbons (Fsp3) is 0.0556. The number of hydrogen-bond acceptors (Lipinski definition) is 6. The van der Waals surface area contributed by atoms with Crippen molar-refractivity contribution in [2.45, 2.75) is 10.6 Å². The van der Waals surface area contributed by atoms with Gasteiger partial charge in [0.15, 0.2) is 5.76 Å². The number of amides is 1. The molecule has 0 unspecified atom stereocenters. The molecule has 0 aliphatic heterocycles. The van der Waals surface area contributed by atoms with Crippen molar-refractivity contribution in [3.05, 3.63) is 72.3 Å². The SMILES string of the molecule is O=C(Nc1nnc(CSc2ccccc2)o1)c1cc2ccccc2o1. The van der Waals surface area contributed by atoms with E-state index in [1.807, 2.05) is 48.5 Å². The first-order chi connectivity index (χ1) is 12.3. The number of carbonyl (C=O) groups excluding carboxylic acids is 1. The van der Waals surface area contributed by atoms with Crippen molar-refractivity contribution in [1.82, 2.24) is 10.2 Å². The Morgan fingerprint density at radius 3 is 2.64 bits per heavy atom. The molecule has 0 aliphatic carbocycles. The number of nitrogens with zero attached hydrogens (tertiary/aromatic N) is 2. The highest BCUT2D eigenvalue weighted by Crippen LogP contribution is 2.23. The zero-order valence-electron chi connectivity index (χ0n) is 13.0. The Hall–Kier alpha value is -3.06. The lowest BCUT2D eigenvalue weighted by molar-refractivity contribution is 0.0995. The van der Waals surface area contributed by atoms with Gasteiger partial charge < -0.3 is 8.83 Å². The summed E-state index contributed by atoms with van der Waals surface area (Å²) in [6, 6.07) is 19.0. The minimum Gasteiger partial charge on any atom is -0.451 e. The molecule has 0 radical (unpaired) electrons. The van der Waals surface area contributed by atoms with Gasteiger partial charge in [0.2, 0.25) is 5.89 Å². The van der Waals surface area contributed by atoms with E-state index >= 15 is 0 Å². The molecule has 0 saturated heterocycles. The first-order valence-corrected chi connectivity index (χ1v) is 8.57. The number of thioether (sulfide) groups is 1. The van der Waals surface area contributed by atoms with Gasteiger partial charge in [-0.15, -0.1) is 16.9 Å². The Balaban J connectivity index is 1.41. The van der Waals surface area contributed by atoms with E-state index in [-0.39, 0.29) is 11.8 Å². The number of fused-ring (bicyclic) bond motifs is 1. The molecule has 2 heterocycles. The van der Waals surface area contributed by atoms with Crippen LogP contribution in [0.15, 0.2) is 74.4 Å². The lowest BCUT2D eigenvalue weighted by Crippen LogP contribution is -2.10. The third-order valence-electron chi connectivity index (χ3n) is 3.44. The fourth-order valence-corrected chi connectivity index (χ4v) is 3.03. The summed E-state index contributed by atoms with van der Waals surface area (Å²) in [4.78, 5) is 13.3. The zero-order valence-corrected chi connectivity index (χ0v) is 13.8. The highest BCUT2D eigenvalue weighted by Gasteiger charge is 2.15. The van der Waals surface area contributed by atoms with Crippen LogP contribution in [0.2, 0.25) is 0 Å². The number of anilines is 1. The van der Waals surface area contributed by atoms with Gasteiger partial charge in [0.25, 0.3) is 5.91 Å². The molecule has 0 saturated carbocycles. The van der Waals surface area contributed by atoms with Crippen molar-refractivity contribution >= 4 is 34.7 Å². The normalized spacial score (nSPS) is 10.9. The van der Waals surface area contributed by atoms with Crippen LogP contribution in [-0.4, -0.2) is 16.1 Å². The molecular weight excluding hydrogens is 338 g/mol. The number of carbonyl (C=O) groups is 1. The molecule has 2 aromatic carbocycles. The Bertz CT molecular complexity index is 978. The van der Waals surface area contributed by atoms with Gasteiger partial charge in [0, 0.05) is 10.3 Å². The Labute approximate surface area is 147 Å². The molecule has 2 aromatic heterocycles. The van der Waals surface area contributed by atoms with Crippen molar-refractivity contribution in [3.63, 3.8) is 0 Å². The van der Waals surface area contributed by atoms with E-state index in [2.05, 4.69) is 15.5 Å². The monoisotopic (exact) mass is 351 g/mol. The second-order valence-corrected chi connectivity index (χ2v) is 6.25. The van der Waals surface area contributed by atoms with Crippen molar-refractivity contribution < 1.29 is 13.6 Å². The number of rotatable bonds is 5. The average Bonchev–Trinajstić information content (AvgIpc) is 3.27. The van der Waals surface area contributed by atoms with Crippen LogP contribution in [0.1, 0.15) is 16.4 Å². The molecule has 6 nitrogen and oxygen atoms in total. The molecule has 25 heavy (non-hydrogen) atoms. The Morgan fingerprint density at radius 1 is 1.00 bits per heavy atom. The highest BCUT2D eigenvalue weighted by molar-refractivity contribution is 7.98. The number of para-hydroxylation sites is 1.